The van der Waals surface area contributed by atoms with Gasteiger partial charge in [0.25, 0.3) is 0 Å². The Hall–Kier alpha value is -1.35. The van der Waals surface area contributed by atoms with Gasteiger partial charge in [-0.15, -0.1) is 0 Å². The Bertz CT molecular complexity index is 555. The summed E-state index contributed by atoms with van der Waals surface area (Å²) in [6.07, 6.45) is 2.03. The maximum absolute atomic E-state index is 12.7. The normalized spacial score (nSPS) is 16.1. The smallest absolute Gasteiger partial charge is 0.179 e. The van der Waals surface area contributed by atoms with E-state index in [0.717, 1.165) is 24.9 Å². The monoisotopic (exact) mass is 302 g/mol. The average molecular weight is 302 g/mol. The molecule has 0 saturated carbocycles. The lowest BCUT2D eigenvalue weighted by molar-refractivity contribution is 0.0921. The molecule has 0 amide bonds. The zero-order chi connectivity index (χ0) is 16.5. The second kappa shape index (κ2) is 6.04. The second-order valence-electron chi connectivity index (χ2n) is 8.40. The predicted octanol–water partition coefficient (Wildman–Crippen LogP) is 4.03. The first-order chi connectivity index (χ1) is 10.1. The molecule has 2 rings (SSSR count). The third kappa shape index (κ3) is 4.33. The molecule has 3 nitrogen and oxygen atoms in total. The minimum Gasteiger partial charge on any atom is -0.384 e. The maximum Gasteiger partial charge on any atom is 0.179 e. The van der Waals surface area contributed by atoms with Gasteiger partial charge in [-0.2, -0.15) is 0 Å². The molecule has 1 aromatic rings. The Morgan fingerprint density at radius 3 is 2.59 bits per heavy atom. The third-order valence-corrected chi connectivity index (χ3v) is 4.07. The number of ketones is 1. The first-order valence-electron chi connectivity index (χ1n) is 8.26. The van der Waals surface area contributed by atoms with Gasteiger partial charge in [-0.3, -0.25) is 4.79 Å². The summed E-state index contributed by atoms with van der Waals surface area (Å²) in [5.74, 6) is 0.177. The standard InChI is InChI=1S/C19H30N2O/c1-13(21-19(5,6)12-18(2,3)4)17(22)15-7-8-16-14(11-15)9-10-20-16/h7-8,11,13,20-21H,9-10,12H2,1-6H3. The van der Waals surface area contributed by atoms with Gasteiger partial charge in [-0.25, -0.2) is 0 Å². The van der Waals surface area contributed by atoms with Crippen LogP contribution in [0.15, 0.2) is 18.2 Å². The van der Waals surface area contributed by atoms with Gasteiger partial charge < -0.3 is 10.6 Å². The van der Waals surface area contributed by atoms with Crippen molar-refractivity contribution in [2.45, 2.75) is 66.0 Å². The van der Waals surface area contributed by atoms with Gasteiger partial charge in [0.1, 0.15) is 0 Å². The van der Waals surface area contributed by atoms with Gasteiger partial charge in [0.15, 0.2) is 5.78 Å². The van der Waals surface area contributed by atoms with E-state index < -0.39 is 0 Å². The molecule has 0 bridgehead atoms. The Morgan fingerprint density at radius 2 is 1.95 bits per heavy atom. The number of benzene rings is 1. The van der Waals surface area contributed by atoms with Crippen molar-refractivity contribution in [1.29, 1.82) is 0 Å². The Balaban J connectivity index is 2.06. The van der Waals surface area contributed by atoms with Crippen molar-refractivity contribution in [3.63, 3.8) is 0 Å². The minimum absolute atomic E-state index is 0.0639. The van der Waals surface area contributed by atoms with E-state index in [4.69, 9.17) is 0 Å². The molecule has 3 heteroatoms. The van der Waals surface area contributed by atoms with Crippen LogP contribution in [-0.2, 0) is 6.42 Å². The van der Waals surface area contributed by atoms with Crippen molar-refractivity contribution in [2.24, 2.45) is 5.41 Å². The molecular weight excluding hydrogens is 272 g/mol. The van der Waals surface area contributed by atoms with Crippen molar-refractivity contribution in [1.82, 2.24) is 5.32 Å². The first kappa shape index (κ1) is 17.0. The Morgan fingerprint density at radius 1 is 1.27 bits per heavy atom. The Kier molecular flexibility index (Phi) is 4.67. The van der Waals surface area contributed by atoms with Crippen LogP contribution in [0.25, 0.3) is 0 Å². The lowest BCUT2D eigenvalue weighted by atomic mass is 9.81. The predicted molar refractivity (Wildman–Crippen MR) is 93.7 cm³/mol. The molecule has 1 unspecified atom stereocenters. The van der Waals surface area contributed by atoms with E-state index in [1.807, 2.05) is 25.1 Å². The number of fused-ring (bicyclic) bond motifs is 1. The SMILES string of the molecule is CC(NC(C)(C)CC(C)(C)C)C(=O)c1ccc2c(c1)CCN2. The fourth-order valence-corrected chi connectivity index (χ4v) is 3.74. The van der Waals surface area contributed by atoms with Crippen LogP contribution in [0.2, 0.25) is 0 Å². The number of rotatable bonds is 5. The lowest BCUT2D eigenvalue weighted by Crippen LogP contribution is -2.49. The van der Waals surface area contributed by atoms with Crippen molar-refractivity contribution in [3.05, 3.63) is 29.3 Å². The molecule has 0 aliphatic carbocycles. The zero-order valence-electron chi connectivity index (χ0n) is 14.8. The molecule has 0 spiro atoms. The van der Waals surface area contributed by atoms with Gasteiger partial charge in [0.2, 0.25) is 0 Å². The van der Waals surface area contributed by atoms with Crippen LogP contribution in [0.3, 0.4) is 0 Å². The number of carbonyl (C=O) groups excluding carboxylic acids is 1. The maximum atomic E-state index is 12.7. The van der Waals surface area contributed by atoms with E-state index in [-0.39, 0.29) is 22.8 Å². The number of hydrogen-bond acceptors (Lipinski definition) is 3. The van der Waals surface area contributed by atoms with Crippen LogP contribution in [0.5, 0.6) is 0 Å². The summed E-state index contributed by atoms with van der Waals surface area (Å²) in [5.41, 5.74) is 3.41. The zero-order valence-corrected chi connectivity index (χ0v) is 14.8. The minimum atomic E-state index is -0.176. The highest BCUT2D eigenvalue weighted by Crippen LogP contribution is 2.28. The summed E-state index contributed by atoms with van der Waals surface area (Å²) in [6, 6.07) is 5.84. The first-order valence-corrected chi connectivity index (χ1v) is 8.26. The summed E-state index contributed by atoms with van der Waals surface area (Å²) >= 11 is 0. The number of Topliss-reactive ketones (excluding diaryl/α,β-unsaturated/α-hetero) is 1. The molecule has 0 radical (unpaired) electrons. The molecule has 22 heavy (non-hydrogen) atoms. The van der Waals surface area contributed by atoms with Crippen LogP contribution >= 0.6 is 0 Å². The highest BCUT2D eigenvalue weighted by atomic mass is 16.1. The van der Waals surface area contributed by atoms with Gasteiger partial charge in [-0.05, 0) is 62.8 Å². The molecule has 1 aliphatic rings. The van der Waals surface area contributed by atoms with Crippen LogP contribution in [0.1, 0.15) is 63.9 Å². The van der Waals surface area contributed by atoms with Crippen molar-refractivity contribution < 1.29 is 4.79 Å². The van der Waals surface area contributed by atoms with Crippen LogP contribution in [-0.4, -0.2) is 23.9 Å². The highest BCUT2D eigenvalue weighted by molar-refractivity contribution is 6.00. The van der Waals surface area contributed by atoms with Crippen molar-refractivity contribution in [2.75, 3.05) is 11.9 Å². The molecule has 122 valence electrons. The molecule has 1 aromatic carbocycles. The van der Waals surface area contributed by atoms with E-state index in [9.17, 15) is 4.79 Å². The van der Waals surface area contributed by atoms with Gasteiger partial charge in [0, 0.05) is 23.3 Å². The van der Waals surface area contributed by atoms with E-state index in [1.54, 1.807) is 0 Å². The summed E-state index contributed by atoms with van der Waals surface area (Å²) in [5, 5.41) is 6.85. The third-order valence-electron chi connectivity index (χ3n) is 4.07. The van der Waals surface area contributed by atoms with Crippen molar-refractivity contribution in [3.8, 4) is 0 Å². The van der Waals surface area contributed by atoms with E-state index >= 15 is 0 Å². The molecular formula is C19H30N2O. The topological polar surface area (TPSA) is 41.1 Å². The molecule has 0 fully saturated rings. The molecule has 2 N–H and O–H groups in total. The van der Waals surface area contributed by atoms with E-state index in [0.29, 0.717) is 0 Å². The Labute approximate surface area is 134 Å². The molecule has 1 atom stereocenters. The van der Waals surface area contributed by atoms with Crippen LogP contribution in [0.4, 0.5) is 5.69 Å². The van der Waals surface area contributed by atoms with E-state index in [2.05, 4.69) is 45.3 Å². The number of nitrogens with one attached hydrogen (secondary N) is 2. The lowest BCUT2D eigenvalue weighted by Gasteiger charge is -2.35. The molecule has 1 aliphatic heterocycles. The fourth-order valence-electron chi connectivity index (χ4n) is 3.74. The number of carbonyl (C=O) groups is 1. The molecule has 1 heterocycles. The van der Waals surface area contributed by atoms with Gasteiger partial charge >= 0.3 is 0 Å². The summed E-state index contributed by atoms with van der Waals surface area (Å²) in [6.45, 7) is 14.0. The average Bonchev–Trinajstić information content (AvgIpc) is 2.81. The highest BCUT2D eigenvalue weighted by Gasteiger charge is 2.29. The second-order valence-corrected chi connectivity index (χ2v) is 8.40. The van der Waals surface area contributed by atoms with Crippen molar-refractivity contribution >= 4 is 11.5 Å². The molecule has 0 aromatic heterocycles. The quantitative estimate of drug-likeness (QED) is 0.807. The van der Waals surface area contributed by atoms with Gasteiger partial charge in [0.05, 0.1) is 6.04 Å². The van der Waals surface area contributed by atoms with Crippen LogP contribution in [0, 0.1) is 5.41 Å². The number of anilines is 1. The van der Waals surface area contributed by atoms with Crippen LogP contribution < -0.4 is 10.6 Å². The number of hydrogen-bond donors (Lipinski definition) is 2. The largest absolute Gasteiger partial charge is 0.384 e. The summed E-state index contributed by atoms with van der Waals surface area (Å²) in [7, 11) is 0. The molecule has 0 saturated heterocycles. The fraction of sp³-hybridized carbons (Fsp3) is 0.632. The van der Waals surface area contributed by atoms with Gasteiger partial charge in [-0.1, -0.05) is 20.8 Å². The summed E-state index contributed by atoms with van der Waals surface area (Å²) in [4.78, 5) is 12.7. The van der Waals surface area contributed by atoms with E-state index in [1.165, 1.54) is 11.3 Å². The summed E-state index contributed by atoms with van der Waals surface area (Å²) < 4.78 is 0.